The first-order valence-electron chi connectivity index (χ1n) is 9.90. The summed E-state index contributed by atoms with van der Waals surface area (Å²) in [4.78, 5) is 2.10. The predicted octanol–water partition coefficient (Wildman–Crippen LogP) is 3.99. The molecule has 0 amide bonds. The van der Waals surface area contributed by atoms with E-state index in [-0.39, 0.29) is 17.4 Å². The van der Waals surface area contributed by atoms with Crippen molar-refractivity contribution in [3.05, 3.63) is 61.1 Å². The molecule has 3 atom stereocenters. The molecule has 4 rings (SSSR count). The number of nitrogens with zero attached hydrogens (tertiary/aromatic N) is 5. The lowest BCUT2D eigenvalue weighted by atomic mass is 9.71. The second-order valence-electron chi connectivity index (χ2n) is 7.77. The Balaban J connectivity index is 1.60. The van der Waals surface area contributed by atoms with Gasteiger partial charge in [0, 0.05) is 37.7 Å². The monoisotopic (exact) mass is 436 g/mol. The first kappa shape index (κ1) is 21.5. The average molecular weight is 436 g/mol. The fourth-order valence-corrected chi connectivity index (χ4v) is 4.49. The third-order valence-corrected chi connectivity index (χ3v) is 6.02. The van der Waals surface area contributed by atoms with Crippen molar-refractivity contribution in [2.45, 2.75) is 24.6 Å². The van der Waals surface area contributed by atoms with E-state index in [2.05, 4.69) is 27.3 Å². The van der Waals surface area contributed by atoms with Gasteiger partial charge in [0.2, 0.25) is 0 Å². The van der Waals surface area contributed by atoms with Crippen molar-refractivity contribution in [2.24, 2.45) is 11.8 Å². The van der Waals surface area contributed by atoms with Gasteiger partial charge in [-0.2, -0.15) is 17.9 Å². The minimum absolute atomic E-state index is 0.00188. The number of alkyl halides is 3. The van der Waals surface area contributed by atoms with Gasteiger partial charge in [-0.25, -0.2) is 4.39 Å². The smallest absolute Gasteiger partial charge is 0.373 e. The van der Waals surface area contributed by atoms with Gasteiger partial charge in [-0.15, -0.1) is 5.10 Å². The van der Waals surface area contributed by atoms with Crippen LogP contribution in [0.5, 0.6) is 0 Å². The van der Waals surface area contributed by atoms with Crippen molar-refractivity contribution in [3.63, 3.8) is 0 Å². The number of anilines is 1. The summed E-state index contributed by atoms with van der Waals surface area (Å²) >= 11 is 0. The Labute approximate surface area is 177 Å². The Morgan fingerprint density at radius 2 is 2.10 bits per heavy atom. The van der Waals surface area contributed by atoms with Gasteiger partial charge in [0.15, 0.2) is 0 Å². The van der Waals surface area contributed by atoms with Gasteiger partial charge in [0.1, 0.15) is 5.82 Å². The van der Waals surface area contributed by atoms with Crippen LogP contribution >= 0.6 is 0 Å². The molecule has 1 aliphatic heterocycles. The Kier molecular flexibility index (Phi) is 5.59. The molecule has 1 aliphatic carbocycles. The molecule has 0 N–H and O–H groups in total. The summed E-state index contributed by atoms with van der Waals surface area (Å²) in [7, 11) is 1.57. The zero-order valence-electron chi connectivity index (χ0n) is 16.9. The van der Waals surface area contributed by atoms with Crippen LogP contribution in [0.4, 0.5) is 23.2 Å². The highest BCUT2D eigenvalue weighted by molar-refractivity contribution is 5.61. The lowest BCUT2D eigenvalue weighted by Crippen LogP contribution is -2.52. The minimum atomic E-state index is -4.68. The number of benzene rings is 1. The summed E-state index contributed by atoms with van der Waals surface area (Å²) in [5, 5.41) is 9.75. The van der Waals surface area contributed by atoms with E-state index in [4.69, 9.17) is 4.74 Å². The maximum absolute atomic E-state index is 13.7. The zero-order valence-corrected chi connectivity index (χ0v) is 16.9. The summed E-state index contributed by atoms with van der Waals surface area (Å²) in [6.45, 7) is 5.56. The zero-order chi connectivity index (χ0) is 22.2. The summed E-state index contributed by atoms with van der Waals surface area (Å²) in [6.07, 6.45) is 1.92. The number of piperidine rings is 1. The standard InChI is InChI=1S/C21H22F4N5O/c1-14-11-18(30-19(21(23,24)25)26-27-28-30)8-9-20(14,31-2)15-5-4-10-29(13-15)17-7-3-6-16(22)12-17/h3,6-9,11-12,14-15H,1,4-5,10,13H2,2H3/t14-,15?,20+/m1/s1. The van der Waals surface area contributed by atoms with E-state index in [9.17, 15) is 17.6 Å². The molecule has 1 unspecified atom stereocenters. The highest BCUT2D eigenvalue weighted by Crippen LogP contribution is 2.42. The van der Waals surface area contributed by atoms with E-state index in [0.29, 0.717) is 11.2 Å². The van der Waals surface area contributed by atoms with E-state index < -0.39 is 23.5 Å². The van der Waals surface area contributed by atoms with Gasteiger partial charge in [-0.1, -0.05) is 12.1 Å². The lowest BCUT2D eigenvalue weighted by molar-refractivity contribution is -0.146. The molecule has 0 spiro atoms. The van der Waals surface area contributed by atoms with Crippen LogP contribution in [-0.2, 0) is 10.9 Å². The van der Waals surface area contributed by atoms with Crippen LogP contribution in [0.2, 0.25) is 0 Å². The van der Waals surface area contributed by atoms with Crippen LogP contribution < -0.4 is 4.90 Å². The molecule has 1 aromatic carbocycles. The molecule has 1 fully saturated rings. The Morgan fingerprint density at radius 3 is 2.77 bits per heavy atom. The quantitative estimate of drug-likeness (QED) is 0.679. The highest BCUT2D eigenvalue weighted by atomic mass is 19.4. The topological polar surface area (TPSA) is 56.1 Å². The first-order chi connectivity index (χ1) is 14.7. The molecule has 1 radical (unpaired) electrons. The molecule has 6 nitrogen and oxygen atoms in total. The molecule has 0 bridgehead atoms. The highest BCUT2D eigenvalue weighted by Gasteiger charge is 2.45. The van der Waals surface area contributed by atoms with E-state index in [1.54, 1.807) is 25.3 Å². The van der Waals surface area contributed by atoms with Crippen molar-refractivity contribution in [1.82, 2.24) is 20.2 Å². The molecule has 2 heterocycles. The fourth-order valence-electron chi connectivity index (χ4n) is 4.49. The average Bonchev–Trinajstić information content (AvgIpc) is 3.25. The number of aromatic nitrogens is 4. The number of allylic oxidation sites excluding steroid dienone is 2. The molecular weight excluding hydrogens is 414 g/mol. The molecule has 2 aliphatic rings. The lowest BCUT2D eigenvalue weighted by Gasteiger charge is -2.47. The SMILES string of the molecule is [CH2][C@@H]1C=C(n2nnnc2C(F)(F)F)C=C[C@@]1(OC)C1CCCN(c2cccc(F)c2)C1. The largest absolute Gasteiger partial charge is 0.453 e. The van der Waals surface area contributed by atoms with Gasteiger partial charge >= 0.3 is 6.18 Å². The van der Waals surface area contributed by atoms with Crippen molar-refractivity contribution < 1.29 is 22.3 Å². The fraction of sp³-hybridized carbons (Fsp3) is 0.429. The van der Waals surface area contributed by atoms with Crippen LogP contribution in [0.3, 0.4) is 0 Å². The summed E-state index contributed by atoms with van der Waals surface area (Å²) in [5.74, 6) is -1.99. The molecule has 1 aromatic heterocycles. The third-order valence-electron chi connectivity index (χ3n) is 6.02. The van der Waals surface area contributed by atoms with Crippen molar-refractivity contribution in [3.8, 4) is 0 Å². The second kappa shape index (κ2) is 8.07. The number of hydrogen-bond acceptors (Lipinski definition) is 5. The molecule has 31 heavy (non-hydrogen) atoms. The number of halogens is 4. The number of tetrazole rings is 1. The first-order valence-corrected chi connectivity index (χ1v) is 9.90. The van der Waals surface area contributed by atoms with Crippen molar-refractivity contribution in [1.29, 1.82) is 0 Å². The summed E-state index contributed by atoms with van der Waals surface area (Å²) in [6, 6.07) is 6.43. The minimum Gasteiger partial charge on any atom is -0.373 e. The third kappa shape index (κ3) is 3.96. The molecule has 2 aromatic rings. The summed E-state index contributed by atoms with van der Waals surface area (Å²) < 4.78 is 59.8. The Hall–Kier alpha value is -2.75. The number of hydrogen-bond donors (Lipinski definition) is 0. The number of ether oxygens (including phenoxy) is 1. The maximum Gasteiger partial charge on any atom is 0.453 e. The van der Waals surface area contributed by atoms with E-state index >= 15 is 0 Å². The van der Waals surface area contributed by atoms with Crippen LogP contribution in [0, 0.1) is 24.6 Å². The van der Waals surface area contributed by atoms with Crippen molar-refractivity contribution >= 4 is 11.4 Å². The molecule has 10 heteroatoms. The summed E-state index contributed by atoms with van der Waals surface area (Å²) in [5.41, 5.74) is 0.154. The molecule has 1 saturated heterocycles. The maximum atomic E-state index is 13.7. The van der Waals surface area contributed by atoms with Crippen LogP contribution in [0.1, 0.15) is 18.7 Å². The van der Waals surface area contributed by atoms with E-state index in [1.807, 2.05) is 6.07 Å². The number of methoxy groups -OCH3 is 1. The molecular formula is C21H22F4N5O. The van der Waals surface area contributed by atoms with Crippen LogP contribution in [0.15, 0.2) is 42.5 Å². The Morgan fingerprint density at radius 1 is 1.29 bits per heavy atom. The van der Waals surface area contributed by atoms with Gasteiger partial charge in [-0.3, -0.25) is 0 Å². The molecule has 0 saturated carbocycles. The van der Waals surface area contributed by atoms with Crippen LogP contribution in [0.25, 0.3) is 5.70 Å². The Bertz CT molecular complexity index is 1000. The van der Waals surface area contributed by atoms with Crippen molar-refractivity contribution in [2.75, 3.05) is 25.1 Å². The van der Waals surface area contributed by atoms with E-state index in [1.165, 1.54) is 18.2 Å². The van der Waals surface area contributed by atoms with Gasteiger partial charge in [-0.05, 0) is 60.5 Å². The van der Waals surface area contributed by atoms with Gasteiger partial charge < -0.3 is 9.64 Å². The number of rotatable bonds is 4. The van der Waals surface area contributed by atoms with Gasteiger partial charge in [0.25, 0.3) is 5.82 Å². The van der Waals surface area contributed by atoms with Gasteiger partial charge in [0.05, 0.1) is 11.3 Å². The predicted molar refractivity (Wildman–Crippen MR) is 106 cm³/mol. The molecule has 165 valence electrons. The second-order valence-corrected chi connectivity index (χ2v) is 7.77. The normalized spacial score (nSPS) is 26.8. The van der Waals surface area contributed by atoms with E-state index in [0.717, 1.165) is 25.1 Å². The van der Waals surface area contributed by atoms with Crippen LogP contribution in [-0.4, -0.2) is 46.0 Å².